The summed E-state index contributed by atoms with van der Waals surface area (Å²) in [5.41, 5.74) is -0.0735. The second kappa shape index (κ2) is 3.33. The van der Waals surface area contributed by atoms with Crippen molar-refractivity contribution in [3.63, 3.8) is 0 Å². The van der Waals surface area contributed by atoms with Crippen LogP contribution < -0.4 is 0 Å². The Kier molecular flexibility index (Phi) is 2.33. The minimum atomic E-state index is -0.0735. The smallest absolute Gasteiger partial charge is 0.124 e. The van der Waals surface area contributed by atoms with Crippen LogP contribution >= 0.6 is 0 Å². The fourth-order valence-electron chi connectivity index (χ4n) is 2.79. The van der Waals surface area contributed by atoms with Gasteiger partial charge < -0.3 is 9.47 Å². The van der Waals surface area contributed by atoms with Gasteiger partial charge in [0.05, 0.1) is 7.11 Å². The van der Waals surface area contributed by atoms with Crippen LogP contribution in [0.3, 0.4) is 0 Å². The number of allylic oxidation sites excluding steroid dienone is 1. The van der Waals surface area contributed by atoms with Gasteiger partial charge in [0.1, 0.15) is 11.4 Å². The van der Waals surface area contributed by atoms with Crippen LogP contribution in [-0.4, -0.2) is 19.8 Å². The SMILES string of the molecule is COC1=CCC2CCCC1(OC)C2. The second-order valence-corrected chi connectivity index (χ2v) is 4.17. The second-order valence-electron chi connectivity index (χ2n) is 4.17. The Morgan fingerprint density at radius 3 is 3.00 bits per heavy atom. The molecule has 2 heteroatoms. The van der Waals surface area contributed by atoms with Crippen molar-refractivity contribution in [2.45, 2.75) is 37.7 Å². The minimum absolute atomic E-state index is 0.0735. The van der Waals surface area contributed by atoms with Crippen molar-refractivity contribution >= 4 is 0 Å². The van der Waals surface area contributed by atoms with Gasteiger partial charge in [0, 0.05) is 7.11 Å². The molecule has 2 aliphatic rings. The fraction of sp³-hybridized carbons (Fsp3) is 0.818. The van der Waals surface area contributed by atoms with Crippen LogP contribution in [0.1, 0.15) is 32.1 Å². The lowest BCUT2D eigenvalue weighted by molar-refractivity contribution is -0.0658. The van der Waals surface area contributed by atoms with Crippen molar-refractivity contribution in [3.8, 4) is 0 Å². The molecule has 0 amide bonds. The summed E-state index contributed by atoms with van der Waals surface area (Å²) < 4.78 is 11.1. The molecule has 2 atom stereocenters. The normalized spacial score (nSPS) is 38.3. The highest BCUT2D eigenvalue weighted by molar-refractivity contribution is 5.17. The highest BCUT2D eigenvalue weighted by atomic mass is 16.5. The maximum Gasteiger partial charge on any atom is 0.124 e. The van der Waals surface area contributed by atoms with Crippen molar-refractivity contribution in [1.82, 2.24) is 0 Å². The van der Waals surface area contributed by atoms with Gasteiger partial charge >= 0.3 is 0 Å². The first-order valence-electron chi connectivity index (χ1n) is 5.10. The lowest BCUT2D eigenvalue weighted by Gasteiger charge is -2.43. The molecule has 13 heavy (non-hydrogen) atoms. The van der Waals surface area contributed by atoms with Gasteiger partial charge in [-0.2, -0.15) is 0 Å². The third-order valence-corrected chi connectivity index (χ3v) is 3.51. The van der Waals surface area contributed by atoms with E-state index in [9.17, 15) is 0 Å². The summed E-state index contributed by atoms with van der Waals surface area (Å²) in [4.78, 5) is 0. The Labute approximate surface area is 79.9 Å². The summed E-state index contributed by atoms with van der Waals surface area (Å²) >= 11 is 0. The highest BCUT2D eigenvalue weighted by Crippen LogP contribution is 2.45. The number of methoxy groups -OCH3 is 2. The quantitative estimate of drug-likeness (QED) is 0.653. The van der Waals surface area contributed by atoms with Gasteiger partial charge in [-0.1, -0.05) is 0 Å². The predicted octanol–water partition coefficient (Wildman–Crippen LogP) is 2.50. The van der Waals surface area contributed by atoms with E-state index < -0.39 is 0 Å². The molecule has 2 unspecified atom stereocenters. The maximum absolute atomic E-state index is 5.66. The zero-order valence-corrected chi connectivity index (χ0v) is 8.51. The lowest BCUT2D eigenvalue weighted by atomic mass is 9.72. The molecule has 2 bridgehead atoms. The van der Waals surface area contributed by atoms with E-state index in [-0.39, 0.29) is 5.60 Å². The monoisotopic (exact) mass is 182 g/mol. The Balaban J connectivity index is 2.26. The van der Waals surface area contributed by atoms with Crippen LogP contribution in [-0.2, 0) is 9.47 Å². The maximum atomic E-state index is 5.66. The summed E-state index contributed by atoms with van der Waals surface area (Å²) in [5, 5.41) is 0. The molecule has 0 spiro atoms. The van der Waals surface area contributed by atoms with E-state index in [0.29, 0.717) is 0 Å². The van der Waals surface area contributed by atoms with Gasteiger partial charge in [0.15, 0.2) is 0 Å². The average Bonchev–Trinajstić information content (AvgIpc) is 2.18. The molecule has 0 aliphatic heterocycles. The van der Waals surface area contributed by atoms with Crippen LogP contribution in [0.2, 0.25) is 0 Å². The van der Waals surface area contributed by atoms with Crippen molar-refractivity contribution < 1.29 is 9.47 Å². The van der Waals surface area contributed by atoms with Crippen LogP contribution in [0.4, 0.5) is 0 Å². The molecule has 0 aromatic carbocycles. The fourth-order valence-corrected chi connectivity index (χ4v) is 2.79. The van der Waals surface area contributed by atoms with E-state index in [2.05, 4.69) is 6.08 Å². The van der Waals surface area contributed by atoms with Crippen LogP contribution in [0.5, 0.6) is 0 Å². The van der Waals surface area contributed by atoms with Gasteiger partial charge in [-0.3, -0.25) is 0 Å². The standard InChI is InChI=1S/C11H18O2/c1-12-10-6-5-9-4-3-7-11(10,8-9)13-2/h6,9H,3-5,7-8H2,1-2H3. The molecule has 1 saturated carbocycles. The minimum Gasteiger partial charge on any atom is -0.498 e. The van der Waals surface area contributed by atoms with Gasteiger partial charge in [0.2, 0.25) is 0 Å². The number of fused-ring (bicyclic) bond motifs is 2. The molecule has 0 heterocycles. The third kappa shape index (κ3) is 1.37. The molecular formula is C11H18O2. The molecule has 2 aliphatic carbocycles. The summed E-state index contributed by atoms with van der Waals surface area (Å²) in [5.74, 6) is 1.89. The summed E-state index contributed by atoms with van der Waals surface area (Å²) in [7, 11) is 3.56. The van der Waals surface area contributed by atoms with Crippen LogP contribution in [0, 0.1) is 5.92 Å². The Morgan fingerprint density at radius 1 is 1.46 bits per heavy atom. The van der Waals surface area contributed by atoms with E-state index in [1.807, 2.05) is 0 Å². The van der Waals surface area contributed by atoms with E-state index >= 15 is 0 Å². The first-order chi connectivity index (χ1) is 6.30. The van der Waals surface area contributed by atoms with E-state index in [1.165, 1.54) is 19.3 Å². The summed E-state index contributed by atoms with van der Waals surface area (Å²) in [6.07, 6.45) is 8.31. The largest absolute Gasteiger partial charge is 0.498 e. The lowest BCUT2D eigenvalue weighted by Crippen LogP contribution is -2.42. The molecule has 0 aromatic rings. The van der Waals surface area contributed by atoms with Crippen molar-refractivity contribution in [2.75, 3.05) is 14.2 Å². The zero-order chi connectivity index (χ0) is 9.31. The number of hydrogen-bond donors (Lipinski definition) is 0. The number of ether oxygens (including phenoxy) is 2. The Hall–Kier alpha value is -0.500. The molecule has 0 saturated heterocycles. The highest BCUT2D eigenvalue weighted by Gasteiger charge is 2.43. The molecule has 1 fully saturated rings. The van der Waals surface area contributed by atoms with Gasteiger partial charge in [-0.15, -0.1) is 0 Å². The molecule has 74 valence electrons. The van der Waals surface area contributed by atoms with Crippen molar-refractivity contribution in [2.24, 2.45) is 5.92 Å². The molecule has 2 rings (SSSR count). The van der Waals surface area contributed by atoms with E-state index in [4.69, 9.17) is 9.47 Å². The zero-order valence-electron chi connectivity index (χ0n) is 8.51. The molecule has 0 radical (unpaired) electrons. The van der Waals surface area contributed by atoms with Crippen molar-refractivity contribution in [3.05, 3.63) is 11.8 Å². The first kappa shape index (κ1) is 9.07. The topological polar surface area (TPSA) is 18.5 Å². The first-order valence-corrected chi connectivity index (χ1v) is 5.10. The van der Waals surface area contributed by atoms with Gasteiger partial charge in [-0.25, -0.2) is 0 Å². The van der Waals surface area contributed by atoms with E-state index in [1.54, 1.807) is 14.2 Å². The predicted molar refractivity (Wildman–Crippen MR) is 51.4 cm³/mol. The van der Waals surface area contributed by atoms with E-state index in [0.717, 1.165) is 24.5 Å². The van der Waals surface area contributed by atoms with Crippen LogP contribution in [0.25, 0.3) is 0 Å². The van der Waals surface area contributed by atoms with Crippen molar-refractivity contribution in [1.29, 1.82) is 0 Å². The van der Waals surface area contributed by atoms with Gasteiger partial charge in [0.25, 0.3) is 0 Å². The molecular weight excluding hydrogens is 164 g/mol. The molecule has 2 nitrogen and oxygen atoms in total. The molecule has 0 aromatic heterocycles. The van der Waals surface area contributed by atoms with Crippen LogP contribution in [0.15, 0.2) is 11.8 Å². The van der Waals surface area contributed by atoms with Gasteiger partial charge in [-0.05, 0) is 44.1 Å². The Morgan fingerprint density at radius 2 is 2.31 bits per heavy atom. The summed E-state index contributed by atoms with van der Waals surface area (Å²) in [6, 6.07) is 0. The Bertz CT molecular complexity index is 222. The summed E-state index contributed by atoms with van der Waals surface area (Å²) in [6.45, 7) is 0. The average molecular weight is 182 g/mol. The third-order valence-electron chi connectivity index (χ3n) is 3.51. The number of rotatable bonds is 2. The molecule has 0 N–H and O–H groups in total. The number of hydrogen-bond acceptors (Lipinski definition) is 2.